The summed E-state index contributed by atoms with van der Waals surface area (Å²) in [5.41, 5.74) is 1.31. The molecule has 1 aromatic heterocycles. The van der Waals surface area contributed by atoms with Crippen LogP contribution < -0.4 is 5.32 Å². The molecule has 5 heteroatoms. The van der Waals surface area contributed by atoms with Gasteiger partial charge in [-0.3, -0.25) is 0 Å². The molecule has 0 aliphatic heterocycles. The van der Waals surface area contributed by atoms with E-state index in [0.29, 0.717) is 18.0 Å². The Bertz CT molecular complexity index is 560. The molecule has 5 nitrogen and oxygen atoms in total. The predicted octanol–water partition coefficient (Wildman–Crippen LogP) is 2.53. The van der Waals surface area contributed by atoms with Crippen molar-refractivity contribution in [3.63, 3.8) is 0 Å². The molecule has 100 valence electrons. The molecule has 0 bridgehead atoms. The quantitative estimate of drug-likeness (QED) is 0.864. The molecular weight excluding hydrogens is 244 g/mol. The summed E-state index contributed by atoms with van der Waals surface area (Å²) in [7, 11) is 0. The first-order valence-corrected chi connectivity index (χ1v) is 6.04. The normalized spacial score (nSPS) is 12.3. The van der Waals surface area contributed by atoms with Gasteiger partial charge in [0.1, 0.15) is 5.76 Å². The molecular formula is C14H16N2O3. The number of aromatic nitrogens is 1. The van der Waals surface area contributed by atoms with Crippen LogP contribution in [0.4, 0.5) is 0 Å². The number of carbonyl (C=O) groups is 1. The van der Waals surface area contributed by atoms with Crippen LogP contribution in [0.3, 0.4) is 0 Å². The lowest BCUT2D eigenvalue weighted by Gasteiger charge is -2.10. The van der Waals surface area contributed by atoms with Crippen LogP contribution in [0.25, 0.3) is 0 Å². The first kappa shape index (κ1) is 13.3. The van der Waals surface area contributed by atoms with Gasteiger partial charge in [0, 0.05) is 6.54 Å². The number of benzene rings is 1. The van der Waals surface area contributed by atoms with Crippen LogP contribution in [0, 0.1) is 6.92 Å². The molecule has 0 amide bonds. The maximum atomic E-state index is 10.7. The Morgan fingerprint density at radius 1 is 1.42 bits per heavy atom. The van der Waals surface area contributed by atoms with Crippen LogP contribution in [0.5, 0.6) is 0 Å². The van der Waals surface area contributed by atoms with E-state index in [-0.39, 0.29) is 6.04 Å². The number of oxazole rings is 1. The molecule has 0 saturated heterocycles. The minimum Gasteiger partial charge on any atom is -0.478 e. The van der Waals surface area contributed by atoms with Gasteiger partial charge in [-0.1, -0.05) is 12.1 Å². The number of nitrogens with zero attached hydrogens (tertiary/aromatic N) is 1. The maximum Gasteiger partial charge on any atom is 0.335 e. The lowest BCUT2D eigenvalue weighted by Crippen LogP contribution is -2.18. The van der Waals surface area contributed by atoms with Crippen molar-refractivity contribution in [3.05, 3.63) is 53.2 Å². The predicted molar refractivity (Wildman–Crippen MR) is 69.9 cm³/mol. The average molecular weight is 260 g/mol. The van der Waals surface area contributed by atoms with Crippen molar-refractivity contribution in [3.8, 4) is 0 Å². The monoisotopic (exact) mass is 260 g/mol. The lowest BCUT2D eigenvalue weighted by atomic mass is 10.1. The van der Waals surface area contributed by atoms with E-state index in [4.69, 9.17) is 9.52 Å². The zero-order chi connectivity index (χ0) is 13.8. The van der Waals surface area contributed by atoms with Gasteiger partial charge in [-0.15, -0.1) is 0 Å². The Morgan fingerprint density at radius 3 is 2.63 bits per heavy atom. The van der Waals surface area contributed by atoms with Crippen LogP contribution in [-0.2, 0) is 6.54 Å². The van der Waals surface area contributed by atoms with E-state index in [9.17, 15) is 4.79 Å². The van der Waals surface area contributed by atoms with Gasteiger partial charge in [0.05, 0.1) is 17.8 Å². The third-order valence-corrected chi connectivity index (χ3v) is 2.82. The fraction of sp³-hybridized carbons (Fsp3) is 0.286. The summed E-state index contributed by atoms with van der Waals surface area (Å²) in [6.07, 6.45) is 1.69. The molecule has 0 fully saturated rings. The Labute approximate surface area is 111 Å². The molecule has 0 aliphatic rings. The van der Waals surface area contributed by atoms with Gasteiger partial charge in [-0.25, -0.2) is 9.78 Å². The molecule has 2 rings (SSSR count). The van der Waals surface area contributed by atoms with Crippen molar-refractivity contribution in [1.82, 2.24) is 10.3 Å². The number of carboxylic acids is 1. The summed E-state index contributed by atoms with van der Waals surface area (Å²) in [6, 6.07) is 6.79. The minimum absolute atomic E-state index is 0.00727. The van der Waals surface area contributed by atoms with Gasteiger partial charge < -0.3 is 14.8 Å². The van der Waals surface area contributed by atoms with Crippen molar-refractivity contribution in [2.24, 2.45) is 0 Å². The number of carboxylic acid groups (broad SMARTS) is 1. The summed E-state index contributed by atoms with van der Waals surface area (Å²) < 4.78 is 5.43. The number of hydrogen-bond donors (Lipinski definition) is 2. The molecule has 2 N–H and O–H groups in total. The highest BCUT2D eigenvalue weighted by molar-refractivity contribution is 5.87. The van der Waals surface area contributed by atoms with E-state index in [2.05, 4.69) is 10.3 Å². The zero-order valence-corrected chi connectivity index (χ0v) is 10.9. The smallest absolute Gasteiger partial charge is 0.335 e. The second-order valence-electron chi connectivity index (χ2n) is 4.41. The van der Waals surface area contributed by atoms with Gasteiger partial charge in [0.25, 0.3) is 0 Å². The molecule has 0 aliphatic carbocycles. The number of hydrogen-bond acceptors (Lipinski definition) is 4. The molecule has 1 heterocycles. The average Bonchev–Trinajstić information content (AvgIpc) is 2.83. The highest BCUT2D eigenvalue weighted by atomic mass is 16.4. The number of aryl methyl sites for hydroxylation is 1. The van der Waals surface area contributed by atoms with Gasteiger partial charge in [-0.2, -0.15) is 0 Å². The molecule has 19 heavy (non-hydrogen) atoms. The number of aromatic carboxylic acids is 1. The SMILES string of the molecule is Cc1cnc(C(C)NCc2ccc(C(=O)O)cc2)o1. The van der Waals surface area contributed by atoms with Crippen molar-refractivity contribution in [2.75, 3.05) is 0 Å². The molecule has 1 aromatic carbocycles. The fourth-order valence-electron chi connectivity index (χ4n) is 1.70. The van der Waals surface area contributed by atoms with E-state index in [1.165, 1.54) is 0 Å². The van der Waals surface area contributed by atoms with Gasteiger partial charge in [0.15, 0.2) is 0 Å². The second-order valence-corrected chi connectivity index (χ2v) is 4.41. The summed E-state index contributed by atoms with van der Waals surface area (Å²) >= 11 is 0. The lowest BCUT2D eigenvalue weighted by molar-refractivity contribution is 0.0697. The second kappa shape index (κ2) is 5.67. The summed E-state index contributed by atoms with van der Waals surface area (Å²) in [6.45, 7) is 4.45. The van der Waals surface area contributed by atoms with Crippen molar-refractivity contribution < 1.29 is 14.3 Å². The van der Waals surface area contributed by atoms with Crippen molar-refractivity contribution in [2.45, 2.75) is 26.4 Å². The Balaban J connectivity index is 1.93. The van der Waals surface area contributed by atoms with Gasteiger partial charge in [0.2, 0.25) is 5.89 Å². The van der Waals surface area contributed by atoms with E-state index in [0.717, 1.165) is 11.3 Å². The van der Waals surface area contributed by atoms with Crippen LogP contribution >= 0.6 is 0 Å². The van der Waals surface area contributed by atoms with Crippen LogP contribution in [0.1, 0.15) is 40.5 Å². The summed E-state index contributed by atoms with van der Waals surface area (Å²) in [5, 5.41) is 12.1. The molecule has 0 spiro atoms. The van der Waals surface area contributed by atoms with Crippen molar-refractivity contribution >= 4 is 5.97 Å². The molecule has 1 unspecified atom stereocenters. The first-order valence-electron chi connectivity index (χ1n) is 6.04. The molecule has 2 aromatic rings. The topological polar surface area (TPSA) is 75.4 Å². The standard InChI is InChI=1S/C14H16N2O3/c1-9-7-16-13(19-9)10(2)15-8-11-3-5-12(6-4-11)14(17)18/h3-7,10,15H,8H2,1-2H3,(H,17,18). The Hall–Kier alpha value is -2.14. The van der Waals surface area contributed by atoms with E-state index >= 15 is 0 Å². The van der Waals surface area contributed by atoms with E-state index in [1.807, 2.05) is 13.8 Å². The summed E-state index contributed by atoms with van der Waals surface area (Å²) in [5.74, 6) is 0.525. The maximum absolute atomic E-state index is 10.7. The number of nitrogens with one attached hydrogen (secondary N) is 1. The van der Waals surface area contributed by atoms with Crippen LogP contribution in [-0.4, -0.2) is 16.1 Å². The van der Waals surface area contributed by atoms with Crippen molar-refractivity contribution in [1.29, 1.82) is 0 Å². The largest absolute Gasteiger partial charge is 0.478 e. The van der Waals surface area contributed by atoms with Crippen LogP contribution in [0.2, 0.25) is 0 Å². The third kappa shape index (κ3) is 3.42. The van der Waals surface area contributed by atoms with Crippen LogP contribution in [0.15, 0.2) is 34.9 Å². The highest BCUT2D eigenvalue weighted by Gasteiger charge is 2.10. The van der Waals surface area contributed by atoms with Gasteiger partial charge >= 0.3 is 5.97 Å². The van der Waals surface area contributed by atoms with Gasteiger partial charge in [-0.05, 0) is 31.5 Å². The zero-order valence-electron chi connectivity index (χ0n) is 10.9. The molecule has 0 radical (unpaired) electrons. The number of rotatable bonds is 5. The Kier molecular flexibility index (Phi) is 3.97. The minimum atomic E-state index is -0.914. The Morgan fingerprint density at radius 2 is 2.11 bits per heavy atom. The molecule has 0 saturated carbocycles. The molecule has 1 atom stereocenters. The first-order chi connectivity index (χ1) is 9.06. The highest BCUT2D eigenvalue weighted by Crippen LogP contribution is 2.13. The third-order valence-electron chi connectivity index (χ3n) is 2.82. The fourth-order valence-corrected chi connectivity index (χ4v) is 1.70. The van der Waals surface area contributed by atoms with E-state index < -0.39 is 5.97 Å². The summed E-state index contributed by atoms with van der Waals surface area (Å²) in [4.78, 5) is 14.9. The van der Waals surface area contributed by atoms with E-state index in [1.54, 1.807) is 30.5 Å².